The summed E-state index contributed by atoms with van der Waals surface area (Å²) in [6, 6.07) is 7.57. The van der Waals surface area contributed by atoms with Crippen molar-refractivity contribution in [3.05, 3.63) is 34.6 Å². The molecule has 0 aliphatic rings. The molecule has 1 aromatic heterocycles. The zero-order valence-corrected chi connectivity index (χ0v) is 11.6. The zero-order chi connectivity index (χ0) is 13.7. The van der Waals surface area contributed by atoms with Gasteiger partial charge in [0, 0.05) is 23.0 Å². The summed E-state index contributed by atoms with van der Waals surface area (Å²) in [4.78, 5) is 15.1. The second-order valence-corrected chi connectivity index (χ2v) is 4.70. The molecule has 0 radical (unpaired) electrons. The van der Waals surface area contributed by atoms with E-state index in [-0.39, 0.29) is 0 Å². The highest BCUT2D eigenvalue weighted by Crippen LogP contribution is 2.20. The van der Waals surface area contributed by atoms with Gasteiger partial charge < -0.3 is 14.9 Å². The van der Waals surface area contributed by atoms with Crippen molar-refractivity contribution in [3.8, 4) is 11.4 Å². The van der Waals surface area contributed by atoms with Crippen molar-refractivity contribution in [3.63, 3.8) is 0 Å². The van der Waals surface area contributed by atoms with Crippen LogP contribution >= 0.6 is 15.9 Å². The highest BCUT2D eigenvalue weighted by molar-refractivity contribution is 9.10. The number of halogens is 1. The number of aliphatic hydroxyl groups is 1. The van der Waals surface area contributed by atoms with E-state index < -0.39 is 12.5 Å². The molecule has 2 rings (SSSR count). The molecule has 0 aliphatic carbocycles. The van der Waals surface area contributed by atoms with Crippen LogP contribution in [-0.2, 0) is 11.2 Å². The maximum Gasteiger partial charge on any atom is 0.245 e. The Hall–Kier alpha value is -1.73. The Balaban J connectivity index is 1.97. The van der Waals surface area contributed by atoms with Crippen LogP contribution in [0.1, 0.15) is 5.89 Å². The van der Waals surface area contributed by atoms with Crippen molar-refractivity contribution in [1.82, 2.24) is 15.5 Å². The molecule has 1 heterocycles. The molecule has 0 spiro atoms. The fourth-order valence-corrected chi connectivity index (χ4v) is 1.87. The number of aliphatic hydroxyl groups excluding tert-OH is 1. The van der Waals surface area contributed by atoms with E-state index in [0.717, 1.165) is 10.0 Å². The van der Waals surface area contributed by atoms with Gasteiger partial charge in [-0.2, -0.15) is 4.98 Å². The Bertz CT molecular complexity index is 571. The number of hydrogen-bond acceptors (Lipinski definition) is 5. The van der Waals surface area contributed by atoms with E-state index in [0.29, 0.717) is 24.7 Å². The molecule has 19 heavy (non-hydrogen) atoms. The van der Waals surface area contributed by atoms with E-state index >= 15 is 0 Å². The van der Waals surface area contributed by atoms with Crippen molar-refractivity contribution in [2.24, 2.45) is 0 Å². The van der Waals surface area contributed by atoms with Crippen LogP contribution in [0.2, 0.25) is 0 Å². The fourth-order valence-electron chi connectivity index (χ4n) is 1.47. The molecular formula is C12H12BrN3O3. The first kappa shape index (κ1) is 13.7. The Kier molecular flexibility index (Phi) is 4.64. The summed E-state index contributed by atoms with van der Waals surface area (Å²) in [5.41, 5.74) is 0.851. The van der Waals surface area contributed by atoms with Gasteiger partial charge in [0.2, 0.25) is 17.6 Å². The van der Waals surface area contributed by atoms with E-state index in [2.05, 4.69) is 31.4 Å². The average Bonchev–Trinajstić information content (AvgIpc) is 2.87. The summed E-state index contributed by atoms with van der Waals surface area (Å²) in [6.07, 6.45) is 0.423. The minimum atomic E-state index is -0.521. The molecule has 0 aliphatic heterocycles. The van der Waals surface area contributed by atoms with Gasteiger partial charge in [0.15, 0.2) is 0 Å². The Labute approximate surface area is 118 Å². The predicted molar refractivity (Wildman–Crippen MR) is 71.2 cm³/mol. The number of carbonyl (C=O) groups is 1. The third-order valence-corrected chi connectivity index (χ3v) is 2.85. The lowest BCUT2D eigenvalue weighted by Gasteiger charge is -1.98. The molecular weight excluding hydrogens is 314 g/mol. The molecule has 2 N–H and O–H groups in total. The first-order chi connectivity index (χ1) is 9.19. The lowest BCUT2D eigenvalue weighted by atomic mass is 10.2. The number of carbonyl (C=O) groups excluding carboxylic acids is 1. The van der Waals surface area contributed by atoms with Crippen LogP contribution in [0.3, 0.4) is 0 Å². The quantitative estimate of drug-likeness (QED) is 0.860. The standard InChI is InChI=1S/C12H12BrN3O3/c13-9-3-1-2-8(6-9)12-15-11(19-16-12)4-5-14-10(18)7-17/h1-3,6,17H,4-5,7H2,(H,14,18). The summed E-state index contributed by atoms with van der Waals surface area (Å²) >= 11 is 3.37. The Morgan fingerprint density at radius 3 is 3.05 bits per heavy atom. The largest absolute Gasteiger partial charge is 0.387 e. The van der Waals surface area contributed by atoms with Crippen LogP contribution in [0.25, 0.3) is 11.4 Å². The summed E-state index contributed by atoms with van der Waals surface area (Å²) in [6.45, 7) is -0.174. The smallest absolute Gasteiger partial charge is 0.245 e. The van der Waals surface area contributed by atoms with E-state index in [9.17, 15) is 4.79 Å². The van der Waals surface area contributed by atoms with E-state index in [1.54, 1.807) is 0 Å². The maximum absolute atomic E-state index is 10.8. The predicted octanol–water partition coefficient (Wildman–Crippen LogP) is 1.15. The molecule has 100 valence electrons. The molecule has 0 atom stereocenters. The summed E-state index contributed by atoms with van der Waals surface area (Å²) < 4.78 is 6.02. The Morgan fingerprint density at radius 2 is 2.32 bits per heavy atom. The average molecular weight is 326 g/mol. The molecule has 6 nitrogen and oxygen atoms in total. The van der Waals surface area contributed by atoms with Crippen molar-refractivity contribution in [2.45, 2.75) is 6.42 Å². The number of hydrogen-bond donors (Lipinski definition) is 2. The van der Waals surface area contributed by atoms with Crippen molar-refractivity contribution in [1.29, 1.82) is 0 Å². The number of benzene rings is 1. The van der Waals surface area contributed by atoms with Crippen LogP contribution in [0.15, 0.2) is 33.3 Å². The molecule has 2 aromatic rings. The number of nitrogens with zero attached hydrogens (tertiary/aromatic N) is 2. The topological polar surface area (TPSA) is 88.2 Å². The first-order valence-corrected chi connectivity index (χ1v) is 6.44. The Morgan fingerprint density at radius 1 is 1.47 bits per heavy atom. The maximum atomic E-state index is 10.8. The van der Waals surface area contributed by atoms with Crippen LogP contribution in [-0.4, -0.2) is 34.3 Å². The number of aromatic nitrogens is 2. The van der Waals surface area contributed by atoms with Crippen LogP contribution in [0, 0.1) is 0 Å². The van der Waals surface area contributed by atoms with Gasteiger partial charge in [-0.15, -0.1) is 0 Å². The highest BCUT2D eigenvalue weighted by atomic mass is 79.9. The minimum absolute atomic E-state index is 0.347. The molecule has 0 saturated carbocycles. The molecule has 0 fully saturated rings. The summed E-state index contributed by atoms with van der Waals surface area (Å²) in [5, 5.41) is 14.9. The van der Waals surface area contributed by atoms with Crippen molar-refractivity contribution < 1.29 is 14.4 Å². The summed E-state index contributed by atoms with van der Waals surface area (Å²) in [7, 11) is 0. The third kappa shape index (κ3) is 3.87. The van der Waals surface area contributed by atoms with Gasteiger partial charge in [-0.05, 0) is 12.1 Å². The van der Waals surface area contributed by atoms with Crippen LogP contribution in [0.5, 0.6) is 0 Å². The van der Waals surface area contributed by atoms with Gasteiger partial charge in [-0.25, -0.2) is 0 Å². The number of rotatable bonds is 5. The highest BCUT2D eigenvalue weighted by Gasteiger charge is 2.09. The van der Waals surface area contributed by atoms with Gasteiger partial charge in [0.05, 0.1) is 0 Å². The molecule has 0 saturated heterocycles. The molecule has 0 bridgehead atoms. The number of amides is 1. The lowest BCUT2D eigenvalue weighted by Crippen LogP contribution is -2.28. The second kappa shape index (κ2) is 6.44. The second-order valence-electron chi connectivity index (χ2n) is 3.78. The monoisotopic (exact) mass is 325 g/mol. The van der Waals surface area contributed by atoms with E-state index in [4.69, 9.17) is 9.63 Å². The molecule has 1 aromatic carbocycles. The molecule has 1 amide bonds. The minimum Gasteiger partial charge on any atom is -0.387 e. The van der Waals surface area contributed by atoms with Crippen molar-refractivity contribution in [2.75, 3.05) is 13.2 Å². The van der Waals surface area contributed by atoms with Gasteiger partial charge >= 0.3 is 0 Å². The van der Waals surface area contributed by atoms with E-state index in [1.165, 1.54) is 0 Å². The fraction of sp³-hybridized carbons (Fsp3) is 0.250. The zero-order valence-electron chi connectivity index (χ0n) is 9.97. The van der Waals surface area contributed by atoms with Crippen LogP contribution < -0.4 is 5.32 Å². The van der Waals surface area contributed by atoms with E-state index in [1.807, 2.05) is 24.3 Å². The summed E-state index contributed by atoms with van der Waals surface area (Å²) in [5.74, 6) is 0.518. The van der Waals surface area contributed by atoms with Gasteiger partial charge in [-0.3, -0.25) is 4.79 Å². The number of nitrogens with one attached hydrogen (secondary N) is 1. The van der Waals surface area contributed by atoms with Crippen LogP contribution in [0.4, 0.5) is 0 Å². The normalized spacial score (nSPS) is 10.4. The first-order valence-electron chi connectivity index (χ1n) is 5.65. The van der Waals surface area contributed by atoms with Crippen molar-refractivity contribution >= 4 is 21.8 Å². The van der Waals surface area contributed by atoms with Gasteiger partial charge in [-0.1, -0.05) is 33.2 Å². The third-order valence-electron chi connectivity index (χ3n) is 2.36. The SMILES string of the molecule is O=C(CO)NCCc1nc(-c2cccc(Br)c2)no1. The molecule has 7 heteroatoms. The lowest BCUT2D eigenvalue weighted by molar-refractivity contribution is -0.123. The van der Waals surface area contributed by atoms with Gasteiger partial charge in [0.1, 0.15) is 6.61 Å². The molecule has 0 unspecified atom stereocenters. The van der Waals surface area contributed by atoms with Gasteiger partial charge in [0.25, 0.3) is 0 Å².